The predicted octanol–water partition coefficient (Wildman–Crippen LogP) is 4.04. The van der Waals surface area contributed by atoms with E-state index in [1.54, 1.807) is 29.1 Å². The number of hydrogen-bond donors (Lipinski definition) is 1. The molecule has 4 rings (SSSR count). The normalized spacial score (nSPS) is 24.8. The summed E-state index contributed by atoms with van der Waals surface area (Å²) >= 11 is 0. The van der Waals surface area contributed by atoms with Gasteiger partial charge in [0, 0.05) is 18.8 Å². The van der Waals surface area contributed by atoms with E-state index < -0.39 is 28.1 Å². The SMILES string of the molecule is CCn1ccc(NC(=O)C(C[C@H]2C[C@@H](F)[C@@H](F)C2)c2ccc(S(=O)(=O)C3CC3)cc2)n1. The zero-order valence-electron chi connectivity index (χ0n) is 17.4. The molecule has 0 aliphatic heterocycles. The second-order valence-corrected chi connectivity index (χ2v) is 10.7. The van der Waals surface area contributed by atoms with E-state index in [2.05, 4.69) is 10.4 Å². The molecule has 168 valence electrons. The molecule has 2 fully saturated rings. The molecule has 0 bridgehead atoms. The minimum Gasteiger partial charge on any atom is -0.309 e. The van der Waals surface area contributed by atoms with Crippen molar-refractivity contribution in [1.82, 2.24) is 9.78 Å². The van der Waals surface area contributed by atoms with Gasteiger partial charge in [-0.15, -0.1) is 0 Å². The summed E-state index contributed by atoms with van der Waals surface area (Å²) in [5, 5.41) is 6.73. The van der Waals surface area contributed by atoms with Gasteiger partial charge in [0.25, 0.3) is 0 Å². The van der Waals surface area contributed by atoms with Crippen molar-refractivity contribution in [2.75, 3.05) is 5.32 Å². The van der Waals surface area contributed by atoms with Gasteiger partial charge < -0.3 is 5.32 Å². The standard InChI is InChI=1S/C22H27F2N3O3S/c1-2-27-10-9-21(26-27)25-22(28)18(11-14-12-19(23)20(24)13-14)15-3-5-16(6-4-15)31(29,30)17-7-8-17/h3-6,9-10,14,17-20H,2,7-8,11-13H2,1H3,(H,25,26,28)/t14-,18?,19+,20-. The maximum Gasteiger partial charge on any atom is 0.233 e. The second-order valence-electron chi connectivity index (χ2n) is 8.52. The van der Waals surface area contributed by atoms with E-state index >= 15 is 0 Å². The average molecular weight is 452 g/mol. The van der Waals surface area contributed by atoms with Crippen LogP contribution in [0.4, 0.5) is 14.6 Å². The van der Waals surface area contributed by atoms with E-state index in [0.29, 0.717) is 30.8 Å². The zero-order valence-corrected chi connectivity index (χ0v) is 18.2. The number of carbonyl (C=O) groups excluding carboxylic acids is 1. The topological polar surface area (TPSA) is 81.1 Å². The van der Waals surface area contributed by atoms with Gasteiger partial charge in [0.2, 0.25) is 5.91 Å². The van der Waals surface area contributed by atoms with Gasteiger partial charge in [-0.2, -0.15) is 5.10 Å². The molecular weight excluding hydrogens is 424 g/mol. The molecule has 1 aromatic heterocycles. The molecule has 2 aromatic rings. The highest BCUT2D eigenvalue weighted by Crippen LogP contribution is 2.39. The van der Waals surface area contributed by atoms with Crippen LogP contribution < -0.4 is 5.32 Å². The average Bonchev–Trinajstić information content (AvgIpc) is 3.45. The summed E-state index contributed by atoms with van der Waals surface area (Å²) in [4.78, 5) is 13.3. The van der Waals surface area contributed by atoms with Crippen LogP contribution in [-0.2, 0) is 21.2 Å². The first-order valence-electron chi connectivity index (χ1n) is 10.7. The molecule has 1 amide bonds. The number of benzene rings is 1. The summed E-state index contributed by atoms with van der Waals surface area (Å²) in [6.07, 6.45) is 0.565. The van der Waals surface area contributed by atoms with Crippen LogP contribution in [-0.4, -0.2) is 41.7 Å². The van der Waals surface area contributed by atoms with Crippen molar-refractivity contribution < 1.29 is 22.0 Å². The quantitative estimate of drug-likeness (QED) is 0.657. The maximum absolute atomic E-state index is 13.7. The number of nitrogens with one attached hydrogen (secondary N) is 1. The number of amides is 1. The van der Waals surface area contributed by atoms with Crippen molar-refractivity contribution in [3.05, 3.63) is 42.1 Å². The molecule has 2 saturated carbocycles. The highest BCUT2D eigenvalue weighted by Gasteiger charge is 2.38. The molecule has 6 nitrogen and oxygen atoms in total. The van der Waals surface area contributed by atoms with Crippen molar-refractivity contribution >= 4 is 21.6 Å². The van der Waals surface area contributed by atoms with Gasteiger partial charge in [0.15, 0.2) is 15.7 Å². The number of rotatable bonds is 8. The summed E-state index contributed by atoms with van der Waals surface area (Å²) in [7, 11) is -3.33. The van der Waals surface area contributed by atoms with Crippen molar-refractivity contribution in [2.24, 2.45) is 5.92 Å². The molecule has 0 saturated heterocycles. The molecule has 0 radical (unpaired) electrons. The smallest absolute Gasteiger partial charge is 0.233 e. The van der Waals surface area contributed by atoms with E-state index in [4.69, 9.17) is 0 Å². The van der Waals surface area contributed by atoms with Crippen LogP contribution in [0.15, 0.2) is 41.4 Å². The molecular formula is C22H27F2N3O3S. The van der Waals surface area contributed by atoms with Gasteiger partial charge in [-0.25, -0.2) is 17.2 Å². The molecule has 1 N–H and O–H groups in total. The first-order chi connectivity index (χ1) is 14.8. The molecule has 1 unspecified atom stereocenters. The third kappa shape index (κ3) is 4.81. The van der Waals surface area contributed by atoms with E-state index in [1.807, 2.05) is 6.92 Å². The Hall–Kier alpha value is -2.29. The Bertz CT molecular complexity index is 1020. The zero-order chi connectivity index (χ0) is 22.2. The van der Waals surface area contributed by atoms with Crippen LogP contribution in [0, 0.1) is 5.92 Å². The first kappa shape index (κ1) is 21.9. The molecule has 31 heavy (non-hydrogen) atoms. The van der Waals surface area contributed by atoms with Crippen molar-refractivity contribution in [3.8, 4) is 0 Å². The highest BCUT2D eigenvalue weighted by molar-refractivity contribution is 7.92. The fourth-order valence-corrected chi connectivity index (χ4v) is 5.88. The van der Waals surface area contributed by atoms with Crippen LogP contribution in [0.5, 0.6) is 0 Å². The Morgan fingerprint density at radius 2 is 1.81 bits per heavy atom. The van der Waals surface area contributed by atoms with Crippen LogP contribution in [0.25, 0.3) is 0 Å². The lowest BCUT2D eigenvalue weighted by Gasteiger charge is -2.20. The van der Waals surface area contributed by atoms with Gasteiger partial charge in [-0.3, -0.25) is 9.48 Å². The highest BCUT2D eigenvalue weighted by atomic mass is 32.2. The fraction of sp³-hybridized carbons (Fsp3) is 0.545. The summed E-state index contributed by atoms with van der Waals surface area (Å²) in [5.74, 6) is -0.837. The van der Waals surface area contributed by atoms with Gasteiger partial charge in [-0.05, 0) is 62.6 Å². The first-order valence-corrected chi connectivity index (χ1v) is 12.3. The maximum atomic E-state index is 13.7. The number of nitrogens with zero attached hydrogens (tertiary/aromatic N) is 2. The van der Waals surface area contributed by atoms with Crippen molar-refractivity contribution in [2.45, 2.75) is 74.0 Å². The minimum absolute atomic E-state index is 0.0869. The number of aromatic nitrogens is 2. The van der Waals surface area contributed by atoms with Crippen LogP contribution in [0.2, 0.25) is 0 Å². The van der Waals surface area contributed by atoms with E-state index in [-0.39, 0.29) is 41.2 Å². The van der Waals surface area contributed by atoms with Crippen LogP contribution in [0.3, 0.4) is 0 Å². The Morgan fingerprint density at radius 1 is 1.16 bits per heavy atom. The molecule has 0 spiro atoms. The summed E-state index contributed by atoms with van der Waals surface area (Å²) in [5.41, 5.74) is 0.625. The molecule has 1 aromatic carbocycles. The van der Waals surface area contributed by atoms with Gasteiger partial charge in [0.05, 0.1) is 16.1 Å². The number of anilines is 1. The predicted molar refractivity (Wildman–Crippen MR) is 113 cm³/mol. The summed E-state index contributed by atoms with van der Waals surface area (Å²) < 4.78 is 54.0. The molecule has 2 aliphatic carbocycles. The monoisotopic (exact) mass is 451 g/mol. The third-order valence-electron chi connectivity index (χ3n) is 6.19. The lowest BCUT2D eigenvalue weighted by Crippen LogP contribution is -2.24. The molecule has 2 aliphatic rings. The number of aryl methyl sites for hydroxylation is 1. The molecule has 4 atom stereocenters. The van der Waals surface area contributed by atoms with E-state index in [1.165, 1.54) is 12.1 Å². The lowest BCUT2D eigenvalue weighted by molar-refractivity contribution is -0.118. The molecule has 9 heteroatoms. The van der Waals surface area contributed by atoms with Crippen LogP contribution in [0.1, 0.15) is 50.5 Å². The number of carbonyl (C=O) groups is 1. The van der Waals surface area contributed by atoms with Crippen molar-refractivity contribution in [3.63, 3.8) is 0 Å². The van der Waals surface area contributed by atoms with Crippen molar-refractivity contribution in [1.29, 1.82) is 0 Å². The van der Waals surface area contributed by atoms with E-state index in [0.717, 1.165) is 0 Å². The van der Waals surface area contributed by atoms with Gasteiger partial charge >= 0.3 is 0 Å². The Morgan fingerprint density at radius 3 is 2.35 bits per heavy atom. The second kappa shape index (κ2) is 8.68. The Kier molecular flexibility index (Phi) is 6.14. The minimum atomic E-state index is -3.33. The number of sulfone groups is 1. The Labute approximate surface area is 180 Å². The number of hydrogen-bond acceptors (Lipinski definition) is 4. The van der Waals surface area contributed by atoms with Gasteiger partial charge in [0.1, 0.15) is 12.3 Å². The number of halogens is 2. The third-order valence-corrected chi connectivity index (χ3v) is 8.46. The van der Waals surface area contributed by atoms with Gasteiger partial charge in [-0.1, -0.05) is 12.1 Å². The number of alkyl halides is 2. The largest absolute Gasteiger partial charge is 0.309 e. The fourth-order valence-electron chi connectivity index (χ4n) is 4.23. The Balaban J connectivity index is 1.56. The van der Waals surface area contributed by atoms with E-state index in [9.17, 15) is 22.0 Å². The summed E-state index contributed by atoms with van der Waals surface area (Å²) in [6.45, 7) is 2.59. The van der Waals surface area contributed by atoms with Crippen LogP contribution >= 0.6 is 0 Å². The molecule has 1 heterocycles. The summed E-state index contributed by atoms with van der Waals surface area (Å²) in [6, 6.07) is 8.02. The lowest BCUT2D eigenvalue weighted by atomic mass is 9.87.